The Hall–Kier alpha value is -3.54. The summed E-state index contributed by atoms with van der Waals surface area (Å²) in [5.74, 6) is 1.63. The second-order valence-electron chi connectivity index (χ2n) is 7.58. The molecule has 1 amide bonds. The number of carbonyl (C=O) groups is 1. The SMILES string of the molecule is COc1cc(/C=C/C(=O)NCCc2ccn(-c3ccccc3)n2)ccc1OCC(C)C. The van der Waals surface area contributed by atoms with Gasteiger partial charge in [-0.15, -0.1) is 0 Å². The van der Waals surface area contributed by atoms with Gasteiger partial charge in [-0.1, -0.05) is 38.1 Å². The summed E-state index contributed by atoms with van der Waals surface area (Å²) >= 11 is 0. The fraction of sp³-hybridized carbons (Fsp3) is 0.280. The van der Waals surface area contributed by atoms with E-state index < -0.39 is 0 Å². The van der Waals surface area contributed by atoms with Crippen molar-refractivity contribution in [3.05, 3.63) is 78.1 Å². The first-order valence-electron chi connectivity index (χ1n) is 10.4. The van der Waals surface area contributed by atoms with E-state index in [0.717, 1.165) is 16.9 Å². The Bertz CT molecular complexity index is 1010. The van der Waals surface area contributed by atoms with Crippen LogP contribution in [0, 0.1) is 5.92 Å². The number of ether oxygens (including phenoxy) is 2. The van der Waals surface area contributed by atoms with Crippen LogP contribution in [0.1, 0.15) is 25.1 Å². The van der Waals surface area contributed by atoms with Crippen LogP contribution >= 0.6 is 0 Å². The molecule has 0 atom stereocenters. The molecule has 0 spiro atoms. The predicted octanol–water partition coefficient (Wildman–Crippen LogP) is 4.29. The Morgan fingerprint density at radius 2 is 1.94 bits per heavy atom. The normalized spacial score (nSPS) is 11.1. The van der Waals surface area contributed by atoms with Crippen molar-refractivity contribution < 1.29 is 14.3 Å². The average molecular weight is 420 g/mol. The maximum absolute atomic E-state index is 12.2. The Morgan fingerprint density at radius 1 is 1.13 bits per heavy atom. The molecule has 1 N–H and O–H groups in total. The number of rotatable bonds is 10. The predicted molar refractivity (Wildman–Crippen MR) is 123 cm³/mol. The number of hydrogen-bond donors (Lipinski definition) is 1. The van der Waals surface area contributed by atoms with Crippen molar-refractivity contribution in [2.45, 2.75) is 20.3 Å². The first kappa shape index (κ1) is 22.2. The van der Waals surface area contributed by atoms with Crippen LogP contribution in [0.15, 0.2) is 66.9 Å². The van der Waals surface area contributed by atoms with Gasteiger partial charge in [-0.2, -0.15) is 5.10 Å². The van der Waals surface area contributed by atoms with E-state index in [1.165, 1.54) is 6.08 Å². The maximum atomic E-state index is 12.2. The van der Waals surface area contributed by atoms with E-state index in [-0.39, 0.29) is 5.91 Å². The van der Waals surface area contributed by atoms with Gasteiger partial charge in [0.05, 0.1) is 25.1 Å². The van der Waals surface area contributed by atoms with E-state index in [1.54, 1.807) is 13.2 Å². The van der Waals surface area contributed by atoms with Crippen LogP contribution in [-0.2, 0) is 11.2 Å². The van der Waals surface area contributed by atoms with E-state index in [2.05, 4.69) is 24.3 Å². The van der Waals surface area contributed by atoms with Crippen molar-refractivity contribution in [1.29, 1.82) is 0 Å². The molecule has 0 unspecified atom stereocenters. The highest BCUT2D eigenvalue weighted by atomic mass is 16.5. The molecule has 31 heavy (non-hydrogen) atoms. The summed E-state index contributed by atoms with van der Waals surface area (Å²) in [5.41, 5.74) is 2.80. The Labute approximate surface area is 183 Å². The van der Waals surface area contributed by atoms with Gasteiger partial charge in [0.15, 0.2) is 11.5 Å². The number of hydrogen-bond acceptors (Lipinski definition) is 4. The summed E-state index contributed by atoms with van der Waals surface area (Å²) in [6, 6.07) is 17.5. The van der Waals surface area contributed by atoms with Crippen LogP contribution in [0.2, 0.25) is 0 Å². The number of amides is 1. The van der Waals surface area contributed by atoms with Crippen molar-refractivity contribution >= 4 is 12.0 Å². The Kier molecular flexibility index (Phi) is 7.87. The number of nitrogens with one attached hydrogen (secondary N) is 1. The van der Waals surface area contributed by atoms with Crippen LogP contribution in [0.4, 0.5) is 0 Å². The van der Waals surface area contributed by atoms with Crippen LogP contribution in [0.3, 0.4) is 0 Å². The number of benzene rings is 2. The second kappa shape index (κ2) is 11.0. The van der Waals surface area contributed by atoms with E-state index >= 15 is 0 Å². The summed E-state index contributed by atoms with van der Waals surface area (Å²) in [7, 11) is 1.61. The summed E-state index contributed by atoms with van der Waals surface area (Å²) in [4.78, 5) is 12.2. The Balaban J connectivity index is 1.49. The third-order valence-electron chi connectivity index (χ3n) is 4.53. The van der Waals surface area contributed by atoms with Gasteiger partial charge in [-0.25, -0.2) is 4.68 Å². The molecule has 3 aromatic rings. The number of aromatic nitrogens is 2. The minimum Gasteiger partial charge on any atom is -0.493 e. The fourth-order valence-corrected chi connectivity index (χ4v) is 2.93. The van der Waals surface area contributed by atoms with Crippen LogP contribution in [-0.4, -0.2) is 35.9 Å². The summed E-state index contributed by atoms with van der Waals surface area (Å²) in [5, 5.41) is 7.44. The van der Waals surface area contributed by atoms with Gasteiger partial charge in [-0.3, -0.25) is 4.79 Å². The first-order chi connectivity index (χ1) is 15.0. The summed E-state index contributed by atoms with van der Waals surface area (Å²) in [6.45, 7) is 5.33. The lowest BCUT2D eigenvalue weighted by atomic mass is 10.2. The molecule has 1 aromatic heterocycles. The van der Waals surface area contributed by atoms with Crippen molar-refractivity contribution in [2.75, 3.05) is 20.3 Å². The number of methoxy groups -OCH3 is 1. The standard InChI is InChI=1S/C25H29N3O3/c1-19(2)18-31-23-11-9-20(17-24(23)30-3)10-12-25(29)26-15-13-21-14-16-28(27-21)22-7-5-4-6-8-22/h4-12,14,16-17,19H,13,15,18H2,1-3H3,(H,26,29)/b12-10+. The van der Waals surface area contributed by atoms with Crippen molar-refractivity contribution in [3.63, 3.8) is 0 Å². The molecule has 0 aliphatic carbocycles. The Morgan fingerprint density at radius 3 is 2.68 bits per heavy atom. The highest BCUT2D eigenvalue weighted by Gasteiger charge is 2.06. The van der Waals surface area contributed by atoms with Gasteiger partial charge >= 0.3 is 0 Å². The molecule has 0 radical (unpaired) electrons. The lowest BCUT2D eigenvalue weighted by Gasteiger charge is -2.12. The second-order valence-corrected chi connectivity index (χ2v) is 7.58. The zero-order chi connectivity index (χ0) is 22.1. The topological polar surface area (TPSA) is 65.4 Å². The molecule has 6 heteroatoms. The third kappa shape index (κ3) is 6.74. The number of nitrogens with zero attached hydrogens (tertiary/aromatic N) is 2. The molecular weight excluding hydrogens is 390 g/mol. The molecule has 0 fully saturated rings. The van der Waals surface area contributed by atoms with Crippen LogP contribution < -0.4 is 14.8 Å². The fourth-order valence-electron chi connectivity index (χ4n) is 2.93. The molecule has 0 bridgehead atoms. The molecule has 3 rings (SSSR count). The number of para-hydroxylation sites is 1. The highest BCUT2D eigenvalue weighted by molar-refractivity contribution is 5.91. The molecule has 1 heterocycles. The van der Waals surface area contributed by atoms with E-state index in [0.29, 0.717) is 37.0 Å². The quantitative estimate of drug-likeness (QED) is 0.498. The van der Waals surface area contributed by atoms with Gasteiger partial charge in [0.25, 0.3) is 0 Å². The maximum Gasteiger partial charge on any atom is 0.244 e. The lowest BCUT2D eigenvalue weighted by molar-refractivity contribution is -0.116. The zero-order valence-corrected chi connectivity index (χ0v) is 18.2. The van der Waals surface area contributed by atoms with Gasteiger partial charge in [0.1, 0.15) is 0 Å². The van der Waals surface area contributed by atoms with Crippen molar-refractivity contribution in [1.82, 2.24) is 15.1 Å². The van der Waals surface area contributed by atoms with E-state index in [9.17, 15) is 4.79 Å². The highest BCUT2D eigenvalue weighted by Crippen LogP contribution is 2.29. The van der Waals surface area contributed by atoms with Gasteiger partial charge < -0.3 is 14.8 Å². The molecule has 162 valence electrons. The molecule has 6 nitrogen and oxygen atoms in total. The molecule has 2 aromatic carbocycles. The number of carbonyl (C=O) groups excluding carboxylic acids is 1. The third-order valence-corrected chi connectivity index (χ3v) is 4.53. The summed E-state index contributed by atoms with van der Waals surface area (Å²) in [6.07, 6.45) is 5.86. The average Bonchev–Trinajstić information content (AvgIpc) is 3.26. The van der Waals surface area contributed by atoms with Gasteiger partial charge in [0, 0.05) is 25.2 Å². The smallest absolute Gasteiger partial charge is 0.244 e. The largest absolute Gasteiger partial charge is 0.493 e. The van der Waals surface area contributed by atoms with E-state index in [1.807, 2.05) is 65.5 Å². The molecule has 0 aliphatic rings. The van der Waals surface area contributed by atoms with Crippen LogP contribution in [0.5, 0.6) is 11.5 Å². The molecule has 0 aliphatic heterocycles. The molecule has 0 saturated heterocycles. The lowest BCUT2D eigenvalue weighted by Crippen LogP contribution is -2.23. The monoisotopic (exact) mass is 419 g/mol. The minimum absolute atomic E-state index is 0.151. The van der Waals surface area contributed by atoms with Gasteiger partial charge in [0.2, 0.25) is 5.91 Å². The molecular formula is C25H29N3O3. The van der Waals surface area contributed by atoms with Gasteiger partial charge in [-0.05, 0) is 47.9 Å². The zero-order valence-electron chi connectivity index (χ0n) is 18.2. The summed E-state index contributed by atoms with van der Waals surface area (Å²) < 4.78 is 13.0. The minimum atomic E-state index is -0.151. The van der Waals surface area contributed by atoms with Crippen molar-refractivity contribution in [3.8, 4) is 17.2 Å². The first-order valence-corrected chi connectivity index (χ1v) is 10.4. The van der Waals surface area contributed by atoms with E-state index in [4.69, 9.17) is 9.47 Å². The van der Waals surface area contributed by atoms with Crippen LogP contribution in [0.25, 0.3) is 11.8 Å². The molecule has 0 saturated carbocycles. The van der Waals surface area contributed by atoms with Crippen molar-refractivity contribution in [2.24, 2.45) is 5.92 Å².